The molecule has 0 atom stereocenters. The highest BCUT2D eigenvalue weighted by molar-refractivity contribution is 5.70. The lowest BCUT2D eigenvalue weighted by atomic mass is 9.90. The van der Waals surface area contributed by atoms with Crippen LogP contribution in [0.15, 0.2) is 18.2 Å². The Bertz CT molecular complexity index is 424. The second-order valence-corrected chi connectivity index (χ2v) is 4.34. The normalized spacial score (nSPS) is 17.1. The number of hydrogen-bond acceptors (Lipinski definition) is 2. The summed E-state index contributed by atoms with van der Waals surface area (Å²) in [7, 11) is 0. The van der Waals surface area contributed by atoms with Crippen molar-refractivity contribution in [3.63, 3.8) is 0 Å². The maximum Gasteiger partial charge on any atom is 0.304 e. The Morgan fingerprint density at radius 2 is 2.12 bits per heavy atom. The quantitative estimate of drug-likeness (QED) is 0.825. The standard InChI is InChI=1S/C12H13FO3/c13-7-8-1-2-10(14)9(5-8)12(3-4-12)6-11(15)16/h1-2,5,14H,3-4,6-7H2,(H,15,16). The third-order valence-corrected chi connectivity index (χ3v) is 3.13. The first kappa shape index (κ1) is 10.9. The van der Waals surface area contributed by atoms with Crippen molar-refractivity contribution >= 4 is 5.97 Å². The van der Waals surface area contributed by atoms with Crippen molar-refractivity contribution in [2.75, 3.05) is 0 Å². The summed E-state index contributed by atoms with van der Waals surface area (Å²) in [6.07, 6.45) is 1.47. The fourth-order valence-electron chi connectivity index (χ4n) is 2.07. The van der Waals surface area contributed by atoms with E-state index in [1.165, 1.54) is 12.1 Å². The van der Waals surface area contributed by atoms with Gasteiger partial charge in [0.15, 0.2) is 0 Å². The zero-order valence-corrected chi connectivity index (χ0v) is 8.74. The van der Waals surface area contributed by atoms with Crippen molar-refractivity contribution in [3.8, 4) is 5.75 Å². The molecule has 3 nitrogen and oxygen atoms in total. The number of benzene rings is 1. The van der Waals surface area contributed by atoms with Gasteiger partial charge in [0, 0.05) is 11.0 Å². The average Bonchev–Trinajstić information content (AvgIpc) is 2.98. The molecule has 0 radical (unpaired) electrons. The molecule has 1 saturated carbocycles. The van der Waals surface area contributed by atoms with E-state index >= 15 is 0 Å². The molecule has 0 spiro atoms. The number of hydrogen-bond donors (Lipinski definition) is 2. The van der Waals surface area contributed by atoms with Gasteiger partial charge in [-0.05, 0) is 30.5 Å². The Morgan fingerprint density at radius 3 is 2.62 bits per heavy atom. The lowest BCUT2D eigenvalue weighted by Crippen LogP contribution is -2.13. The van der Waals surface area contributed by atoms with Crippen molar-refractivity contribution in [1.29, 1.82) is 0 Å². The molecule has 86 valence electrons. The molecule has 2 rings (SSSR count). The van der Waals surface area contributed by atoms with Crippen LogP contribution in [0.1, 0.15) is 30.4 Å². The second kappa shape index (κ2) is 3.77. The van der Waals surface area contributed by atoms with E-state index in [-0.39, 0.29) is 12.2 Å². The SMILES string of the molecule is O=C(O)CC1(c2cc(CF)ccc2O)CC1. The second-order valence-electron chi connectivity index (χ2n) is 4.34. The molecule has 0 unspecified atom stereocenters. The summed E-state index contributed by atoms with van der Waals surface area (Å²) in [5.41, 5.74) is 0.579. The number of carboxylic acids is 1. The number of aromatic hydroxyl groups is 1. The van der Waals surface area contributed by atoms with Gasteiger partial charge in [-0.1, -0.05) is 6.07 Å². The van der Waals surface area contributed by atoms with Crippen LogP contribution in [0.3, 0.4) is 0 Å². The minimum atomic E-state index is -0.887. The molecule has 0 amide bonds. The van der Waals surface area contributed by atoms with E-state index < -0.39 is 18.1 Å². The number of phenolic OH excluding ortho intramolecular Hbond substituents is 1. The minimum absolute atomic E-state index is 0.00367. The summed E-state index contributed by atoms with van der Waals surface area (Å²) in [6.45, 7) is -0.601. The Balaban J connectivity index is 2.35. The number of carboxylic acid groups (broad SMARTS) is 1. The van der Waals surface area contributed by atoms with Gasteiger partial charge in [0.05, 0.1) is 6.42 Å². The fraction of sp³-hybridized carbons (Fsp3) is 0.417. The summed E-state index contributed by atoms with van der Waals surface area (Å²) >= 11 is 0. The molecule has 0 bridgehead atoms. The third-order valence-electron chi connectivity index (χ3n) is 3.13. The molecule has 4 heteroatoms. The topological polar surface area (TPSA) is 57.5 Å². The fourth-order valence-corrected chi connectivity index (χ4v) is 2.07. The molecule has 2 N–H and O–H groups in total. The van der Waals surface area contributed by atoms with E-state index in [9.17, 15) is 14.3 Å². The van der Waals surface area contributed by atoms with Crippen LogP contribution in [0.5, 0.6) is 5.75 Å². The molecule has 0 heterocycles. The van der Waals surface area contributed by atoms with E-state index in [0.29, 0.717) is 11.1 Å². The Labute approximate surface area is 92.5 Å². The number of aliphatic carboxylic acids is 1. The lowest BCUT2D eigenvalue weighted by molar-refractivity contribution is -0.137. The Hall–Kier alpha value is -1.58. The summed E-state index contributed by atoms with van der Waals surface area (Å²) in [5.74, 6) is -0.821. The average molecular weight is 224 g/mol. The molecule has 0 aromatic heterocycles. The van der Waals surface area contributed by atoms with E-state index in [1.807, 2.05) is 0 Å². The van der Waals surface area contributed by atoms with Crippen molar-refractivity contribution < 1.29 is 19.4 Å². The predicted molar refractivity (Wildman–Crippen MR) is 56.1 cm³/mol. The Kier molecular flexibility index (Phi) is 2.58. The van der Waals surface area contributed by atoms with Crippen molar-refractivity contribution in [3.05, 3.63) is 29.3 Å². The van der Waals surface area contributed by atoms with Gasteiger partial charge in [-0.2, -0.15) is 0 Å². The largest absolute Gasteiger partial charge is 0.508 e. The van der Waals surface area contributed by atoms with Gasteiger partial charge in [-0.15, -0.1) is 0 Å². The van der Waals surface area contributed by atoms with Gasteiger partial charge < -0.3 is 10.2 Å². The molecule has 1 aliphatic rings. The van der Waals surface area contributed by atoms with Crippen molar-refractivity contribution in [2.45, 2.75) is 31.4 Å². The molecule has 0 saturated heterocycles. The van der Waals surface area contributed by atoms with Crippen molar-refractivity contribution in [2.24, 2.45) is 0 Å². The highest BCUT2D eigenvalue weighted by atomic mass is 19.1. The molecule has 0 aliphatic heterocycles. The molecule has 1 aromatic carbocycles. The van der Waals surface area contributed by atoms with E-state index in [4.69, 9.17) is 5.11 Å². The highest BCUT2D eigenvalue weighted by Crippen LogP contribution is 2.53. The van der Waals surface area contributed by atoms with Gasteiger partial charge >= 0.3 is 5.97 Å². The zero-order valence-electron chi connectivity index (χ0n) is 8.74. The van der Waals surface area contributed by atoms with Gasteiger partial charge in [0.25, 0.3) is 0 Å². The molecule has 1 aromatic rings. The molecular weight excluding hydrogens is 211 g/mol. The van der Waals surface area contributed by atoms with Crippen LogP contribution in [0, 0.1) is 0 Å². The van der Waals surface area contributed by atoms with Crippen LogP contribution in [0.25, 0.3) is 0 Å². The summed E-state index contributed by atoms with van der Waals surface area (Å²) in [6, 6.07) is 4.52. The summed E-state index contributed by atoms with van der Waals surface area (Å²) in [4.78, 5) is 10.7. The van der Waals surface area contributed by atoms with Crippen LogP contribution in [-0.2, 0) is 16.9 Å². The van der Waals surface area contributed by atoms with E-state index in [1.54, 1.807) is 6.07 Å². The van der Waals surface area contributed by atoms with E-state index in [0.717, 1.165) is 12.8 Å². The maximum absolute atomic E-state index is 12.5. The number of phenols is 1. The number of rotatable bonds is 4. The van der Waals surface area contributed by atoms with Gasteiger partial charge in [-0.3, -0.25) is 4.79 Å². The molecular formula is C12H13FO3. The van der Waals surface area contributed by atoms with Gasteiger partial charge in [0.1, 0.15) is 12.4 Å². The van der Waals surface area contributed by atoms with Crippen LogP contribution in [0.4, 0.5) is 4.39 Å². The van der Waals surface area contributed by atoms with Crippen LogP contribution in [-0.4, -0.2) is 16.2 Å². The van der Waals surface area contributed by atoms with Gasteiger partial charge in [-0.25, -0.2) is 4.39 Å². The van der Waals surface area contributed by atoms with E-state index in [2.05, 4.69) is 0 Å². The van der Waals surface area contributed by atoms with Crippen LogP contribution >= 0.6 is 0 Å². The van der Waals surface area contributed by atoms with Crippen LogP contribution in [0.2, 0.25) is 0 Å². The zero-order chi connectivity index (χ0) is 11.8. The Morgan fingerprint density at radius 1 is 1.44 bits per heavy atom. The molecule has 16 heavy (non-hydrogen) atoms. The minimum Gasteiger partial charge on any atom is -0.508 e. The molecule has 1 fully saturated rings. The lowest BCUT2D eigenvalue weighted by Gasteiger charge is -2.15. The smallest absolute Gasteiger partial charge is 0.304 e. The summed E-state index contributed by atoms with van der Waals surface area (Å²) < 4.78 is 12.5. The van der Waals surface area contributed by atoms with Crippen molar-refractivity contribution in [1.82, 2.24) is 0 Å². The first-order valence-corrected chi connectivity index (χ1v) is 5.17. The number of carbonyl (C=O) groups is 1. The maximum atomic E-state index is 12.5. The van der Waals surface area contributed by atoms with Crippen LogP contribution < -0.4 is 0 Å². The first-order chi connectivity index (χ1) is 7.57. The molecule has 1 aliphatic carbocycles. The highest BCUT2D eigenvalue weighted by Gasteiger charge is 2.47. The third kappa shape index (κ3) is 1.87. The first-order valence-electron chi connectivity index (χ1n) is 5.17. The number of halogens is 1. The number of alkyl halides is 1. The predicted octanol–water partition coefficient (Wildman–Crippen LogP) is 2.37. The van der Waals surface area contributed by atoms with Gasteiger partial charge in [0.2, 0.25) is 0 Å². The summed E-state index contributed by atoms with van der Waals surface area (Å²) in [5, 5.41) is 18.5. The monoisotopic (exact) mass is 224 g/mol.